The Kier molecular flexibility index (Phi) is 7.61. The molecule has 0 saturated carbocycles. The van der Waals surface area contributed by atoms with E-state index in [1.165, 1.54) is 16.1 Å². The summed E-state index contributed by atoms with van der Waals surface area (Å²) >= 11 is 1.42. The van der Waals surface area contributed by atoms with Crippen LogP contribution in [0.4, 0.5) is 0 Å². The van der Waals surface area contributed by atoms with Gasteiger partial charge in [0.1, 0.15) is 5.82 Å². The van der Waals surface area contributed by atoms with Crippen LogP contribution in [0.15, 0.2) is 35.5 Å². The Morgan fingerprint density at radius 3 is 2.65 bits per heavy atom. The minimum Gasteiger partial charge on any atom is -0.354 e. The molecule has 10 heteroatoms. The molecular weight excluding hydrogens is 374 g/mol. The van der Waals surface area contributed by atoms with E-state index in [1.54, 1.807) is 0 Å². The van der Waals surface area contributed by atoms with Crippen molar-refractivity contribution in [3.05, 3.63) is 41.7 Å². The standard InChI is InChI=1S/C16H23N5O3S2/c1-13-18-16(20-19-13)25-11-9-17-15(22)12-21(26(2,23)24)10-8-14-6-4-3-5-7-14/h3-7H,8-12H2,1-2H3,(H,17,22)(H,18,19,20). The van der Waals surface area contributed by atoms with Crippen LogP contribution in [0.2, 0.25) is 0 Å². The monoisotopic (exact) mass is 397 g/mol. The molecule has 26 heavy (non-hydrogen) atoms. The number of nitrogens with zero attached hydrogens (tertiary/aromatic N) is 3. The van der Waals surface area contributed by atoms with Crippen LogP contribution in [0, 0.1) is 6.92 Å². The minimum absolute atomic E-state index is 0.184. The summed E-state index contributed by atoms with van der Waals surface area (Å²) in [5.74, 6) is 1.01. The maximum absolute atomic E-state index is 12.1. The lowest BCUT2D eigenvalue weighted by atomic mass is 10.1. The summed E-state index contributed by atoms with van der Waals surface area (Å²) in [7, 11) is -3.46. The molecule has 0 spiro atoms. The normalized spacial score (nSPS) is 11.7. The van der Waals surface area contributed by atoms with Crippen LogP contribution in [0.3, 0.4) is 0 Å². The minimum atomic E-state index is -3.46. The first-order chi connectivity index (χ1) is 12.3. The van der Waals surface area contributed by atoms with Gasteiger partial charge in [-0.3, -0.25) is 9.89 Å². The van der Waals surface area contributed by atoms with Gasteiger partial charge >= 0.3 is 0 Å². The number of carbonyl (C=O) groups is 1. The highest BCUT2D eigenvalue weighted by Gasteiger charge is 2.19. The fraction of sp³-hybridized carbons (Fsp3) is 0.438. The Morgan fingerprint density at radius 1 is 1.31 bits per heavy atom. The lowest BCUT2D eigenvalue weighted by molar-refractivity contribution is -0.121. The lowest BCUT2D eigenvalue weighted by Crippen LogP contribution is -2.41. The van der Waals surface area contributed by atoms with Crippen LogP contribution >= 0.6 is 11.8 Å². The number of hydrogen-bond acceptors (Lipinski definition) is 6. The zero-order chi connectivity index (χ0) is 19.0. The number of hydrogen-bond donors (Lipinski definition) is 2. The van der Waals surface area contributed by atoms with Gasteiger partial charge in [-0.2, -0.15) is 4.31 Å². The average Bonchev–Trinajstić information content (AvgIpc) is 3.00. The van der Waals surface area contributed by atoms with E-state index in [-0.39, 0.29) is 19.0 Å². The maximum atomic E-state index is 12.1. The van der Waals surface area contributed by atoms with Gasteiger partial charge in [0, 0.05) is 18.8 Å². The molecule has 8 nitrogen and oxygen atoms in total. The molecule has 1 heterocycles. The van der Waals surface area contributed by atoms with E-state index in [0.29, 0.717) is 23.9 Å². The number of H-pyrrole nitrogens is 1. The van der Waals surface area contributed by atoms with Gasteiger partial charge in [-0.05, 0) is 18.9 Å². The Hall–Kier alpha value is -1.91. The zero-order valence-electron chi connectivity index (χ0n) is 14.8. The number of carbonyl (C=O) groups excluding carboxylic acids is 1. The third-order valence-electron chi connectivity index (χ3n) is 3.51. The highest BCUT2D eigenvalue weighted by Crippen LogP contribution is 2.10. The molecule has 1 amide bonds. The fourth-order valence-corrected chi connectivity index (χ4v) is 3.67. The van der Waals surface area contributed by atoms with E-state index in [9.17, 15) is 13.2 Å². The van der Waals surface area contributed by atoms with Crippen molar-refractivity contribution < 1.29 is 13.2 Å². The second kappa shape index (κ2) is 9.70. The summed E-state index contributed by atoms with van der Waals surface area (Å²) in [5, 5.41) is 10.1. The van der Waals surface area contributed by atoms with E-state index in [2.05, 4.69) is 20.5 Å². The first-order valence-corrected chi connectivity index (χ1v) is 11.0. The van der Waals surface area contributed by atoms with Crippen LogP contribution in [0.25, 0.3) is 0 Å². The molecule has 1 aromatic heterocycles. The van der Waals surface area contributed by atoms with Gasteiger partial charge in [0.15, 0.2) is 0 Å². The quantitative estimate of drug-likeness (QED) is 0.454. The number of benzene rings is 1. The highest BCUT2D eigenvalue weighted by atomic mass is 32.2. The summed E-state index contributed by atoms with van der Waals surface area (Å²) in [6, 6.07) is 9.58. The largest absolute Gasteiger partial charge is 0.354 e. The third kappa shape index (κ3) is 7.14. The third-order valence-corrected chi connectivity index (χ3v) is 5.61. The molecule has 0 fully saturated rings. The molecule has 0 saturated heterocycles. The smallest absolute Gasteiger partial charge is 0.235 e. The first-order valence-electron chi connectivity index (χ1n) is 8.12. The molecule has 2 aromatic rings. The van der Waals surface area contributed by atoms with Crippen LogP contribution in [-0.2, 0) is 21.2 Å². The molecule has 2 N–H and O–H groups in total. The van der Waals surface area contributed by atoms with E-state index >= 15 is 0 Å². The summed E-state index contributed by atoms with van der Waals surface area (Å²) < 4.78 is 25.1. The first kappa shape index (κ1) is 20.4. The van der Waals surface area contributed by atoms with Gasteiger partial charge in [0.25, 0.3) is 0 Å². The Bertz CT molecular complexity index is 808. The van der Waals surface area contributed by atoms with E-state index in [1.807, 2.05) is 37.3 Å². The number of sulfonamides is 1. The predicted octanol–water partition coefficient (Wildman–Crippen LogP) is 0.826. The number of aromatic nitrogens is 3. The predicted molar refractivity (Wildman–Crippen MR) is 101 cm³/mol. The molecule has 0 aliphatic heterocycles. The summed E-state index contributed by atoms with van der Waals surface area (Å²) in [5.41, 5.74) is 1.03. The summed E-state index contributed by atoms with van der Waals surface area (Å²) in [4.78, 5) is 16.2. The fourth-order valence-electron chi connectivity index (χ4n) is 2.20. The van der Waals surface area contributed by atoms with Crippen LogP contribution in [0.1, 0.15) is 11.4 Å². The van der Waals surface area contributed by atoms with Crippen LogP contribution < -0.4 is 5.32 Å². The van der Waals surface area contributed by atoms with Crippen molar-refractivity contribution in [2.45, 2.75) is 18.5 Å². The van der Waals surface area contributed by atoms with E-state index < -0.39 is 10.0 Å². The van der Waals surface area contributed by atoms with Gasteiger partial charge in [-0.25, -0.2) is 13.4 Å². The number of aryl methyl sites for hydroxylation is 1. The number of aromatic amines is 1. The molecule has 0 atom stereocenters. The van der Waals surface area contributed by atoms with E-state index in [4.69, 9.17) is 0 Å². The number of rotatable bonds is 10. The van der Waals surface area contributed by atoms with E-state index in [0.717, 1.165) is 17.6 Å². The van der Waals surface area contributed by atoms with Crippen molar-refractivity contribution in [1.82, 2.24) is 24.8 Å². The Morgan fingerprint density at radius 2 is 2.04 bits per heavy atom. The molecule has 0 radical (unpaired) electrons. The molecule has 142 valence electrons. The number of amides is 1. The second-order valence-electron chi connectivity index (χ2n) is 5.73. The lowest BCUT2D eigenvalue weighted by Gasteiger charge is -2.19. The Balaban J connectivity index is 1.76. The highest BCUT2D eigenvalue weighted by molar-refractivity contribution is 7.99. The van der Waals surface area contributed by atoms with Gasteiger partial charge in [-0.15, -0.1) is 5.10 Å². The van der Waals surface area contributed by atoms with Crippen LogP contribution in [0.5, 0.6) is 0 Å². The number of thioether (sulfide) groups is 1. The van der Waals surface area contributed by atoms with Crippen molar-refractivity contribution >= 4 is 27.7 Å². The molecule has 2 rings (SSSR count). The van der Waals surface area contributed by atoms with Gasteiger partial charge in [0.2, 0.25) is 21.1 Å². The maximum Gasteiger partial charge on any atom is 0.235 e. The average molecular weight is 398 g/mol. The molecule has 0 bridgehead atoms. The van der Waals surface area contributed by atoms with Gasteiger partial charge in [-0.1, -0.05) is 42.1 Å². The van der Waals surface area contributed by atoms with Crippen molar-refractivity contribution in [3.63, 3.8) is 0 Å². The number of nitrogens with one attached hydrogen (secondary N) is 2. The summed E-state index contributed by atoms with van der Waals surface area (Å²) in [6.45, 7) is 2.30. The SMILES string of the molecule is Cc1nc(SCCNC(=O)CN(CCc2ccccc2)S(C)(=O)=O)n[nH]1. The van der Waals surface area contributed by atoms with Crippen molar-refractivity contribution in [2.24, 2.45) is 0 Å². The zero-order valence-corrected chi connectivity index (χ0v) is 16.4. The second-order valence-corrected chi connectivity index (χ2v) is 8.78. The van der Waals surface area contributed by atoms with Crippen molar-refractivity contribution in [1.29, 1.82) is 0 Å². The van der Waals surface area contributed by atoms with Crippen molar-refractivity contribution in [2.75, 3.05) is 31.6 Å². The Labute approximate surface area is 157 Å². The molecule has 1 aromatic carbocycles. The van der Waals surface area contributed by atoms with Crippen LogP contribution in [-0.4, -0.2) is 65.5 Å². The molecule has 0 unspecified atom stereocenters. The topological polar surface area (TPSA) is 108 Å². The molecule has 0 aliphatic carbocycles. The van der Waals surface area contributed by atoms with Crippen molar-refractivity contribution in [3.8, 4) is 0 Å². The summed E-state index contributed by atoms with van der Waals surface area (Å²) in [6.07, 6.45) is 1.67. The molecular formula is C16H23N5O3S2. The molecule has 0 aliphatic rings. The van der Waals surface area contributed by atoms with Gasteiger partial charge < -0.3 is 5.32 Å². The van der Waals surface area contributed by atoms with Gasteiger partial charge in [0.05, 0.1) is 12.8 Å².